The van der Waals surface area contributed by atoms with Crippen molar-refractivity contribution in [3.8, 4) is 0 Å². The van der Waals surface area contributed by atoms with Crippen LogP contribution in [0.1, 0.15) is 41.9 Å². The van der Waals surface area contributed by atoms with E-state index in [1.165, 1.54) is 4.70 Å². The number of nitrogens with zero attached hydrogens (tertiary/aromatic N) is 4. The molecule has 5 rings (SSSR count). The normalized spacial score (nSPS) is 17.9. The molecule has 1 spiro atoms. The van der Waals surface area contributed by atoms with E-state index in [-0.39, 0.29) is 11.9 Å². The first-order valence-electron chi connectivity index (χ1n) is 10.5. The number of ether oxygens (including phenoxy) is 1. The van der Waals surface area contributed by atoms with Gasteiger partial charge >= 0.3 is 0 Å². The minimum Gasteiger partial charge on any atom is -0.368 e. The number of rotatable bonds is 4. The highest BCUT2D eigenvalue weighted by molar-refractivity contribution is 7.18. The predicted molar refractivity (Wildman–Crippen MR) is 116 cm³/mol. The first kappa shape index (κ1) is 19.4. The third-order valence-corrected chi connectivity index (χ3v) is 7.20. The molecule has 0 radical (unpaired) electrons. The fourth-order valence-corrected chi connectivity index (χ4v) is 5.51. The molecular formula is C22H25N5O2S. The van der Waals surface area contributed by atoms with Crippen LogP contribution in [0.5, 0.6) is 0 Å². The van der Waals surface area contributed by atoms with Crippen LogP contribution in [0.15, 0.2) is 30.5 Å². The average molecular weight is 424 g/mol. The SMILES string of the molecule is Nc1ncc2c(n1)C1(CCN(C(=O)CCCc3nc4ccccc4s3)CC1)OCC2. The Balaban J connectivity index is 1.17. The molecule has 0 aliphatic carbocycles. The van der Waals surface area contributed by atoms with Gasteiger partial charge in [-0.25, -0.2) is 15.0 Å². The Kier molecular flexibility index (Phi) is 5.12. The number of hydrogen-bond acceptors (Lipinski definition) is 7. The molecule has 2 aliphatic heterocycles. The summed E-state index contributed by atoms with van der Waals surface area (Å²) in [5, 5.41) is 1.10. The topological polar surface area (TPSA) is 94.2 Å². The molecule has 3 aromatic rings. The summed E-state index contributed by atoms with van der Waals surface area (Å²) in [4.78, 5) is 28.0. The monoisotopic (exact) mass is 423 g/mol. The van der Waals surface area contributed by atoms with Crippen molar-refractivity contribution in [1.82, 2.24) is 19.9 Å². The van der Waals surface area contributed by atoms with Crippen molar-refractivity contribution >= 4 is 33.4 Å². The van der Waals surface area contributed by atoms with Crippen LogP contribution in [-0.4, -0.2) is 45.5 Å². The lowest BCUT2D eigenvalue weighted by molar-refractivity contribution is -0.141. The van der Waals surface area contributed by atoms with Gasteiger partial charge < -0.3 is 15.4 Å². The zero-order valence-electron chi connectivity index (χ0n) is 16.8. The number of piperidine rings is 1. The quantitative estimate of drug-likeness (QED) is 0.693. The van der Waals surface area contributed by atoms with Gasteiger partial charge in [0.2, 0.25) is 11.9 Å². The van der Waals surface area contributed by atoms with E-state index in [0.29, 0.717) is 26.1 Å². The highest BCUT2D eigenvalue weighted by atomic mass is 32.1. The molecule has 1 aromatic carbocycles. The van der Waals surface area contributed by atoms with Crippen molar-refractivity contribution in [2.24, 2.45) is 0 Å². The molecule has 2 aromatic heterocycles. The molecule has 0 saturated carbocycles. The number of nitrogens with two attached hydrogens (primary N) is 1. The number of thiazole rings is 1. The summed E-state index contributed by atoms with van der Waals surface area (Å²) in [7, 11) is 0. The largest absolute Gasteiger partial charge is 0.368 e. The molecule has 2 N–H and O–H groups in total. The zero-order chi connectivity index (χ0) is 20.6. The third kappa shape index (κ3) is 3.65. The number of para-hydroxylation sites is 1. The van der Waals surface area contributed by atoms with Gasteiger partial charge in [0.1, 0.15) is 5.60 Å². The van der Waals surface area contributed by atoms with Gasteiger partial charge in [-0.3, -0.25) is 4.79 Å². The zero-order valence-corrected chi connectivity index (χ0v) is 17.7. The smallest absolute Gasteiger partial charge is 0.222 e. The molecule has 1 amide bonds. The molecule has 1 saturated heterocycles. The molecule has 30 heavy (non-hydrogen) atoms. The van der Waals surface area contributed by atoms with Crippen molar-refractivity contribution in [1.29, 1.82) is 0 Å². The van der Waals surface area contributed by atoms with E-state index >= 15 is 0 Å². The van der Waals surface area contributed by atoms with Gasteiger partial charge in [0, 0.05) is 25.7 Å². The maximum absolute atomic E-state index is 12.8. The van der Waals surface area contributed by atoms with Crippen LogP contribution in [0.2, 0.25) is 0 Å². The highest BCUT2D eigenvalue weighted by Gasteiger charge is 2.43. The maximum Gasteiger partial charge on any atom is 0.222 e. The summed E-state index contributed by atoms with van der Waals surface area (Å²) in [6.45, 7) is 2.03. The number of nitrogen functional groups attached to an aromatic ring is 1. The average Bonchev–Trinajstić information content (AvgIpc) is 3.18. The lowest BCUT2D eigenvalue weighted by Gasteiger charge is -2.44. The Labute approximate surface area is 179 Å². The Bertz CT molecular complexity index is 1040. The molecule has 0 bridgehead atoms. The van der Waals surface area contributed by atoms with Crippen LogP contribution in [0.4, 0.5) is 5.95 Å². The fraction of sp³-hybridized carbons (Fsp3) is 0.455. The fourth-order valence-electron chi connectivity index (χ4n) is 4.50. The van der Waals surface area contributed by atoms with Gasteiger partial charge in [0.15, 0.2) is 0 Å². The number of fused-ring (bicyclic) bond motifs is 3. The van der Waals surface area contributed by atoms with E-state index in [1.54, 1.807) is 11.3 Å². The summed E-state index contributed by atoms with van der Waals surface area (Å²) in [5.41, 5.74) is 8.48. The number of aryl methyl sites for hydroxylation is 1. The molecule has 0 unspecified atom stereocenters. The van der Waals surface area contributed by atoms with E-state index in [1.807, 2.05) is 29.3 Å². The third-order valence-electron chi connectivity index (χ3n) is 6.11. The first-order chi connectivity index (χ1) is 14.6. The number of carbonyl (C=O) groups excluding carboxylic acids is 1. The van der Waals surface area contributed by atoms with Gasteiger partial charge in [0.25, 0.3) is 0 Å². The number of benzene rings is 1. The Hall–Kier alpha value is -2.58. The van der Waals surface area contributed by atoms with Gasteiger partial charge in [-0.15, -0.1) is 11.3 Å². The van der Waals surface area contributed by atoms with Gasteiger partial charge in [-0.05, 0) is 49.8 Å². The van der Waals surface area contributed by atoms with Crippen LogP contribution in [0, 0.1) is 0 Å². The van der Waals surface area contributed by atoms with Crippen LogP contribution in [0.25, 0.3) is 10.2 Å². The number of carbonyl (C=O) groups is 1. The number of hydrogen-bond donors (Lipinski definition) is 1. The van der Waals surface area contributed by atoms with E-state index in [9.17, 15) is 4.79 Å². The van der Waals surface area contributed by atoms with Gasteiger partial charge in [-0.1, -0.05) is 12.1 Å². The van der Waals surface area contributed by atoms with Crippen LogP contribution >= 0.6 is 11.3 Å². The van der Waals surface area contributed by atoms with E-state index in [2.05, 4.69) is 21.0 Å². The molecule has 156 valence electrons. The van der Waals surface area contributed by atoms with Crippen molar-refractivity contribution in [2.75, 3.05) is 25.4 Å². The van der Waals surface area contributed by atoms with Crippen LogP contribution in [0.3, 0.4) is 0 Å². The number of amides is 1. The summed E-state index contributed by atoms with van der Waals surface area (Å²) >= 11 is 1.72. The maximum atomic E-state index is 12.8. The second kappa shape index (κ2) is 7.92. The summed E-state index contributed by atoms with van der Waals surface area (Å²) in [6, 6.07) is 8.17. The second-order valence-corrected chi connectivity index (χ2v) is 9.12. The lowest BCUT2D eigenvalue weighted by atomic mass is 9.83. The molecule has 0 atom stereocenters. The number of anilines is 1. The number of aromatic nitrogens is 3. The predicted octanol–water partition coefficient (Wildman–Crippen LogP) is 3.08. The standard InChI is InChI=1S/C22H25N5O2S/c23-21-24-14-15-8-13-29-22(20(15)26-21)9-11-27(12-10-22)19(28)7-3-6-18-25-16-4-1-2-5-17(16)30-18/h1-2,4-5,14H,3,6-13H2,(H2,23,24,26). The first-order valence-corrected chi connectivity index (χ1v) is 11.3. The van der Waals surface area contributed by atoms with E-state index in [4.69, 9.17) is 10.5 Å². The van der Waals surface area contributed by atoms with Crippen LogP contribution in [-0.2, 0) is 28.0 Å². The molecule has 1 fully saturated rings. The molecule has 2 aliphatic rings. The minimum atomic E-state index is -0.428. The van der Waals surface area contributed by atoms with Crippen molar-refractivity contribution in [2.45, 2.75) is 44.1 Å². The lowest BCUT2D eigenvalue weighted by Crippen LogP contribution is -2.49. The molecule has 8 heteroatoms. The van der Waals surface area contributed by atoms with E-state index in [0.717, 1.165) is 53.9 Å². The van der Waals surface area contributed by atoms with Crippen molar-refractivity contribution in [3.05, 3.63) is 46.7 Å². The second-order valence-electron chi connectivity index (χ2n) is 8.00. The molecule has 4 heterocycles. The Morgan fingerprint density at radius 1 is 1.23 bits per heavy atom. The molecule has 7 nitrogen and oxygen atoms in total. The summed E-state index contributed by atoms with van der Waals surface area (Å²) in [6.07, 6.45) is 6.35. The minimum absolute atomic E-state index is 0.212. The van der Waals surface area contributed by atoms with Gasteiger partial charge in [-0.2, -0.15) is 0 Å². The summed E-state index contributed by atoms with van der Waals surface area (Å²) in [5.74, 6) is 0.496. The Morgan fingerprint density at radius 2 is 2.07 bits per heavy atom. The summed E-state index contributed by atoms with van der Waals surface area (Å²) < 4.78 is 7.40. The number of likely N-dealkylation sites (tertiary alicyclic amines) is 1. The molecular weight excluding hydrogens is 398 g/mol. The van der Waals surface area contributed by atoms with E-state index < -0.39 is 5.60 Å². The van der Waals surface area contributed by atoms with Crippen molar-refractivity contribution in [3.63, 3.8) is 0 Å². The Morgan fingerprint density at radius 3 is 2.90 bits per heavy atom. The highest BCUT2D eigenvalue weighted by Crippen LogP contribution is 2.40. The van der Waals surface area contributed by atoms with Gasteiger partial charge in [0.05, 0.1) is 27.5 Å². The van der Waals surface area contributed by atoms with Crippen molar-refractivity contribution < 1.29 is 9.53 Å². The van der Waals surface area contributed by atoms with Crippen LogP contribution < -0.4 is 5.73 Å².